The summed E-state index contributed by atoms with van der Waals surface area (Å²) in [6.45, 7) is 4.83. The van der Waals surface area contributed by atoms with Gasteiger partial charge in [0, 0.05) is 11.5 Å². The molecule has 0 radical (unpaired) electrons. The molecule has 1 atom stereocenters. The maximum absolute atomic E-state index is 11.6. The maximum atomic E-state index is 11.6. The minimum Gasteiger partial charge on any atom is -0.480 e. The summed E-state index contributed by atoms with van der Waals surface area (Å²) in [7, 11) is 0. The fourth-order valence-corrected chi connectivity index (χ4v) is 1.59. The van der Waals surface area contributed by atoms with Crippen LogP contribution in [0.15, 0.2) is 0 Å². The number of carbonyl (C=O) groups excluding carboxylic acids is 1. The zero-order valence-corrected chi connectivity index (χ0v) is 10.6. The summed E-state index contributed by atoms with van der Waals surface area (Å²) >= 11 is 1.04. The van der Waals surface area contributed by atoms with Crippen LogP contribution in [0.5, 0.6) is 0 Å². The highest BCUT2D eigenvalue weighted by molar-refractivity contribution is 7.09. The van der Waals surface area contributed by atoms with Crippen molar-refractivity contribution in [3.8, 4) is 0 Å². The Morgan fingerprint density at radius 3 is 2.59 bits per heavy atom. The number of aromatic nitrogens is 2. The van der Waals surface area contributed by atoms with E-state index < -0.39 is 17.5 Å². The number of nitrogens with zero attached hydrogens (tertiary/aromatic N) is 2. The quantitative estimate of drug-likeness (QED) is 0.753. The van der Waals surface area contributed by atoms with E-state index in [0.717, 1.165) is 11.5 Å². The molecule has 1 aromatic rings. The van der Waals surface area contributed by atoms with Crippen LogP contribution in [0.3, 0.4) is 0 Å². The van der Waals surface area contributed by atoms with Gasteiger partial charge in [0.1, 0.15) is 11.4 Å². The first-order valence-corrected chi connectivity index (χ1v) is 5.77. The van der Waals surface area contributed by atoms with E-state index in [1.54, 1.807) is 13.8 Å². The van der Waals surface area contributed by atoms with Crippen LogP contribution in [0.1, 0.15) is 26.1 Å². The van der Waals surface area contributed by atoms with Gasteiger partial charge in [0.05, 0.1) is 0 Å². The second-order valence-corrected chi connectivity index (χ2v) is 4.47. The molecule has 0 saturated carbocycles. The first-order chi connectivity index (χ1) is 7.87. The molecule has 0 aliphatic carbocycles. The van der Waals surface area contributed by atoms with Crippen LogP contribution in [-0.4, -0.2) is 32.0 Å². The number of amides is 2. The van der Waals surface area contributed by atoms with Gasteiger partial charge >= 0.3 is 12.0 Å². The Balaban J connectivity index is 2.63. The van der Waals surface area contributed by atoms with Crippen molar-refractivity contribution < 1.29 is 14.7 Å². The van der Waals surface area contributed by atoms with Gasteiger partial charge in [-0.2, -0.15) is 4.37 Å². The molecular formula is C9H14N4O3S. The molecule has 0 aliphatic rings. The Morgan fingerprint density at radius 2 is 2.18 bits per heavy atom. The highest BCUT2D eigenvalue weighted by Crippen LogP contribution is 2.12. The third-order valence-electron chi connectivity index (χ3n) is 2.32. The highest BCUT2D eigenvalue weighted by atomic mass is 32.1. The molecule has 7 nitrogen and oxygen atoms in total. The number of hydrogen-bond donors (Lipinski definition) is 3. The largest absolute Gasteiger partial charge is 0.480 e. The summed E-state index contributed by atoms with van der Waals surface area (Å²) in [6, 6.07) is -0.604. The van der Waals surface area contributed by atoms with Crippen LogP contribution in [0, 0.1) is 6.92 Å². The van der Waals surface area contributed by atoms with Gasteiger partial charge in [0.25, 0.3) is 0 Å². The summed E-state index contributed by atoms with van der Waals surface area (Å²) in [5.41, 5.74) is -1.29. The van der Waals surface area contributed by atoms with Crippen LogP contribution in [0.4, 0.5) is 9.93 Å². The molecule has 1 heterocycles. The van der Waals surface area contributed by atoms with E-state index in [2.05, 4.69) is 20.0 Å². The van der Waals surface area contributed by atoms with Crippen molar-refractivity contribution in [1.29, 1.82) is 0 Å². The third kappa shape index (κ3) is 3.38. The van der Waals surface area contributed by atoms with E-state index in [4.69, 9.17) is 5.11 Å². The lowest BCUT2D eigenvalue weighted by atomic mass is 10.00. The Bertz CT molecular complexity index is 434. The molecule has 0 bridgehead atoms. The molecule has 1 unspecified atom stereocenters. The predicted molar refractivity (Wildman–Crippen MR) is 63.1 cm³/mol. The van der Waals surface area contributed by atoms with Gasteiger partial charge in [0.2, 0.25) is 5.13 Å². The lowest BCUT2D eigenvalue weighted by molar-refractivity contribution is -0.143. The van der Waals surface area contributed by atoms with E-state index in [0.29, 0.717) is 11.0 Å². The van der Waals surface area contributed by atoms with Gasteiger partial charge in [-0.15, -0.1) is 0 Å². The number of carboxylic acid groups (broad SMARTS) is 1. The number of aliphatic carboxylic acids is 1. The molecule has 0 aromatic carbocycles. The fourth-order valence-electron chi connectivity index (χ4n) is 1.02. The highest BCUT2D eigenvalue weighted by Gasteiger charge is 2.32. The number of hydrogen-bond acceptors (Lipinski definition) is 5. The Hall–Kier alpha value is -1.70. The molecule has 0 fully saturated rings. The second kappa shape index (κ2) is 5.09. The molecule has 94 valence electrons. The molecule has 0 spiro atoms. The number of aryl methyl sites for hydroxylation is 1. The molecule has 0 saturated heterocycles. The normalized spacial score (nSPS) is 13.8. The number of urea groups is 1. The van der Waals surface area contributed by atoms with Crippen molar-refractivity contribution in [2.24, 2.45) is 0 Å². The number of carboxylic acids is 1. The van der Waals surface area contributed by atoms with Gasteiger partial charge in [-0.05, 0) is 20.3 Å². The Labute approximate surface area is 102 Å². The van der Waals surface area contributed by atoms with Crippen molar-refractivity contribution in [2.45, 2.75) is 32.7 Å². The van der Waals surface area contributed by atoms with Gasteiger partial charge in [-0.25, -0.2) is 14.6 Å². The maximum Gasteiger partial charge on any atom is 0.329 e. The standard InChI is InChI=1S/C9H14N4O3S/c1-4-9(3,6(14)15)12-7(16)11-8-10-5(2)13-17-8/h4H2,1-3H3,(H,14,15)(H2,10,11,12,13,16). The Kier molecular flexibility index (Phi) is 4.00. The zero-order valence-electron chi connectivity index (χ0n) is 9.77. The SMILES string of the molecule is CCC(C)(NC(=O)Nc1nc(C)ns1)C(=O)O. The van der Waals surface area contributed by atoms with E-state index in [9.17, 15) is 9.59 Å². The monoisotopic (exact) mass is 258 g/mol. The smallest absolute Gasteiger partial charge is 0.329 e. The summed E-state index contributed by atoms with van der Waals surface area (Å²) in [6.07, 6.45) is 0.283. The average Bonchev–Trinajstić information content (AvgIpc) is 2.63. The zero-order chi connectivity index (χ0) is 13.1. The average molecular weight is 258 g/mol. The van der Waals surface area contributed by atoms with Gasteiger partial charge in [0.15, 0.2) is 0 Å². The minimum atomic E-state index is -1.29. The molecule has 0 aliphatic heterocycles. The summed E-state index contributed by atoms with van der Waals surface area (Å²) in [4.78, 5) is 26.5. The summed E-state index contributed by atoms with van der Waals surface area (Å²) in [5.74, 6) is -0.523. The molecule has 2 amide bonds. The molecule has 3 N–H and O–H groups in total. The Morgan fingerprint density at radius 1 is 1.53 bits per heavy atom. The van der Waals surface area contributed by atoms with Crippen molar-refractivity contribution >= 4 is 28.7 Å². The van der Waals surface area contributed by atoms with Gasteiger partial charge < -0.3 is 10.4 Å². The topological polar surface area (TPSA) is 104 Å². The van der Waals surface area contributed by atoms with Crippen LogP contribution >= 0.6 is 11.5 Å². The van der Waals surface area contributed by atoms with E-state index in [-0.39, 0.29) is 6.42 Å². The van der Waals surface area contributed by atoms with Crippen molar-refractivity contribution in [2.75, 3.05) is 5.32 Å². The molecule has 8 heteroatoms. The van der Waals surface area contributed by atoms with Crippen molar-refractivity contribution in [3.63, 3.8) is 0 Å². The van der Waals surface area contributed by atoms with Gasteiger partial charge in [-0.1, -0.05) is 6.92 Å². The van der Waals surface area contributed by atoms with Crippen LogP contribution in [-0.2, 0) is 4.79 Å². The summed E-state index contributed by atoms with van der Waals surface area (Å²) in [5, 5.41) is 14.1. The fraction of sp³-hybridized carbons (Fsp3) is 0.556. The predicted octanol–water partition coefficient (Wildman–Crippen LogP) is 1.22. The van der Waals surface area contributed by atoms with E-state index in [1.807, 2.05) is 0 Å². The molecule has 1 rings (SSSR count). The lowest BCUT2D eigenvalue weighted by Crippen LogP contribution is -2.53. The third-order valence-corrected chi connectivity index (χ3v) is 3.04. The van der Waals surface area contributed by atoms with E-state index in [1.165, 1.54) is 6.92 Å². The number of rotatable bonds is 4. The summed E-state index contributed by atoms with van der Waals surface area (Å²) < 4.78 is 3.89. The number of carbonyl (C=O) groups is 2. The number of nitrogens with one attached hydrogen (secondary N) is 2. The lowest BCUT2D eigenvalue weighted by Gasteiger charge is -2.24. The molecular weight excluding hydrogens is 244 g/mol. The van der Waals surface area contributed by atoms with Crippen LogP contribution < -0.4 is 10.6 Å². The molecule has 17 heavy (non-hydrogen) atoms. The molecule has 1 aromatic heterocycles. The minimum absolute atomic E-state index is 0.283. The first kappa shape index (κ1) is 13.4. The second-order valence-electron chi connectivity index (χ2n) is 3.72. The van der Waals surface area contributed by atoms with Crippen LogP contribution in [0.25, 0.3) is 0 Å². The van der Waals surface area contributed by atoms with E-state index >= 15 is 0 Å². The number of anilines is 1. The van der Waals surface area contributed by atoms with Crippen molar-refractivity contribution in [1.82, 2.24) is 14.7 Å². The first-order valence-electron chi connectivity index (χ1n) is 5.00. The van der Waals surface area contributed by atoms with Crippen LogP contribution in [0.2, 0.25) is 0 Å². The van der Waals surface area contributed by atoms with Gasteiger partial charge in [-0.3, -0.25) is 5.32 Å². The van der Waals surface area contributed by atoms with Crippen molar-refractivity contribution in [3.05, 3.63) is 5.82 Å².